The fourth-order valence-corrected chi connectivity index (χ4v) is 8.66. The molecule has 0 N–H and O–H groups in total. The number of ether oxygens (including phenoxy) is 2. The fourth-order valence-electron chi connectivity index (χ4n) is 6.21. The van der Waals surface area contributed by atoms with E-state index in [0.717, 1.165) is 19.3 Å². The highest BCUT2D eigenvalue weighted by Crippen LogP contribution is 2.56. The summed E-state index contributed by atoms with van der Waals surface area (Å²) in [6, 6.07) is 19.2. The molecule has 3 aliphatic heterocycles. The molecular formula is C25H31NO4S. The monoisotopic (exact) mass is 441 g/mol. The van der Waals surface area contributed by atoms with Gasteiger partial charge in [-0.1, -0.05) is 61.9 Å². The third kappa shape index (κ3) is 3.27. The Balaban J connectivity index is 1.61. The molecule has 1 spiro atoms. The summed E-state index contributed by atoms with van der Waals surface area (Å²) < 4.78 is 40.0. The largest absolute Gasteiger partial charge is 0.346 e. The Kier molecular flexibility index (Phi) is 5.45. The van der Waals surface area contributed by atoms with Crippen molar-refractivity contribution in [1.29, 1.82) is 0 Å². The normalized spacial score (nSPS) is 30.1. The summed E-state index contributed by atoms with van der Waals surface area (Å²) in [4.78, 5) is 2.82. The first-order chi connectivity index (χ1) is 15.0. The van der Waals surface area contributed by atoms with E-state index in [4.69, 9.17) is 9.47 Å². The molecule has 3 fully saturated rings. The first kappa shape index (κ1) is 21.1. The average Bonchev–Trinajstić information content (AvgIpc) is 3.34. The lowest BCUT2D eigenvalue weighted by molar-refractivity contribution is -0.220. The lowest BCUT2D eigenvalue weighted by Crippen LogP contribution is -2.58. The molecule has 0 aliphatic carbocycles. The molecule has 3 atom stereocenters. The summed E-state index contributed by atoms with van der Waals surface area (Å²) in [7, 11) is -3.54. The Bertz CT molecular complexity index is 1000. The molecule has 2 aromatic rings. The van der Waals surface area contributed by atoms with Crippen LogP contribution in [0, 0.1) is 0 Å². The second-order valence-electron chi connectivity index (χ2n) is 9.07. The van der Waals surface area contributed by atoms with Gasteiger partial charge in [-0.2, -0.15) is 0 Å². The third-order valence-electron chi connectivity index (χ3n) is 7.47. The van der Waals surface area contributed by atoms with Crippen molar-refractivity contribution in [2.45, 2.75) is 73.1 Å². The fraction of sp³-hybridized carbons (Fsp3) is 0.520. The van der Waals surface area contributed by atoms with Gasteiger partial charge in [0.15, 0.2) is 15.6 Å². The summed E-state index contributed by atoms with van der Waals surface area (Å²) in [5.74, 6) is -0.688. The van der Waals surface area contributed by atoms with Crippen molar-refractivity contribution in [3.05, 3.63) is 66.2 Å². The predicted molar refractivity (Wildman–Crippen MR) is 119 cm³/mol. The number of sulfone groups is 1. The first-order valence-corrected chi connectivity index (χ1v) is 12.9. The van der Waals surface area contributed by atoms with Crippen LogP contribution in [0.2, 0.25) is 0 Å². The Labute approximate surface area is 185 Å². The van der Waals surface area contributed by atoms with E-state index in [9.17, 15) is 8.42 Å². The van der Waals surface area contributed by atoms with Crippen LogP contribution in [-0.2, 0) is 25.9 Å². The summed E-state index contributed by atoms with van der Waals surface area (Å²) in [6.45, 7) is 3.95. The summed E-state index contributed by atoms with van der Waals surface area (Å²) in [6.07, 6.45) is 3.53. The van der Waals surface area contributed by atoms with Crippen molar-refractivity contribution in [2.24, 2.45) is 0 Å². The van der Waals surface area contributed by atoms with E-state index in [2.05, 4.69) is 24.0 Å². The minimum absolute atomic E-state index is 0.0544. The molecule has 0 saturated carbocycles. The Morgan fingerprint density at radius 1 is 0.968 bits per heavy atom. The van der Waals surface area contributed by atoms with Crippen molar-refractivity contribution in [3.8, 4) is 0 Å². The number of rotatable bonds is 6. The molecule has 0 aromatic heterocycles. The maximum Gasteiger partial charge on any atom is 0.185 e. The second kappa shape index (κ2) is 8.00. The smallest absolute Gasteiger partial charge is 0.185 e. The summed E-state index contributed by atoms with van der Waals surface area (Å²) >= 11 is 0. The van der Waals surface area contributed by atoms with E-state index in [0.29, 0.717) is 37.5 Å². The van der Waals surface area contributed by atoms with E-state index in [1.54, 1.807) is 12.1 Å². The van der Waals surface area contributed by atoms with Crippen LogP contribution in [0.5, 0.6) is 0 Å². The Morgan fingerprint density at radius 2 is 1.61 bits per heavy atom. The van der Waals surface area contributed by atoms with Crippen LogP contribution >= 0.6 is 0 Å². The quantitative estimate of drug-likeness (QED) is 0.673. The number of fused-ring (bicyclic) bond motifs is 3. The minimum atomic E-state index is -3.54. The van der Waals surface area contributed by atoms with Crippen LogP contribution in [-0.4, -0.2) is 49.1 Å². The predicted octanol–water partition coefficient (Wildman–Crippen LogP) is 4.18. The molecule has 5 rings (SSSR count). The van der Waals surface area contributed by atoms with Crippen molar-refractivity contribution >= 4 is 9.84 Å². The van der Waals surface area contributed by atoms with Gasteiger partial charge in [0.25, 0.3) is 0 Å². The van der Waals surface area contributed by atoms with Gasteiger partial charge in [0.05, 0.1) is 28.9 Å². The minimum Gasteiger partial charge on any atom is -0.346 e. The van der Waals surface area contributed by atoms with Crippen LogP contribution in [0.3, 0.4) is 0 Å². The molecule has 1 unspecified atom stereocenters. The lowest BCUT2D eigenvalue weighted by atomic mass is 9.91. The SMILES string of the molecule is CCCC1(S(=O)(=O)c2ccccc2)C[C@H]2N(Cc3ccccc3)[C@@H]1CCC21OCCO1. The van der Waals surface area contributed by atoms with Crippen LogP contribution in [0.15, 0.2) is 65.6 Å². The molecule has 5 nitrogen and oxygen atoms in total. The number of benzene rings is 2. The number of piperidine rings is 1. The lowest BCUT2D eigenvalue weighted by Gasteiger charge is -2.46. The van der Waals surface area contributed by atoms with Crippen LogP contribution in [0.4, 0.5) is 0 Å². The Hall–Kier alpha value is -1.73. The van der Waals surface area contributed by atoms with Gasteiger partial charge >= 0.3 is 0 Å². The number of hydrogen-bond donors (Lipinski definition) is 0. The van der Waals surface area contributed by atoms with Crippen molar-refractivity contribution < 1.29 is 17.9 Å². The van der Waals surface area contributed by atoms with Crippen LogP contribution in [0.1, 0.15) is 44.6 Å². The van der Waals surface area contributed by atoms with E-state index in [1.165, 1.54) is 5.56 Å². The van der Waals surface area contributed by atoms with E-state index in [-0.39, 0.29) is 12.1 Å². The van der Waals surface area contributed by atoms with Gasteiger partial charge in [-0.25, -0.2) is 8.42 Å². The first-order valence-electron chi connectivity index (χ1n) is 11.4. The molecule has 6 heteroatoms. The number of nitrogens with zero attached hydrogens (tertiary/aromatic N) is 1. The van der Waals surface area contributed by atoms with Gasteiger partial charge in [0.1, 0.15) is 0 Å². The van der Waals surface area contributed by atoms with Gasteiger partial charge in [0, 0.05) is 19.0 Å². The van der Waals surface area contributed by atoms with Gasteiger partial charge in [-0.3, -0.25) is 4.90 Å². The number of hydrogen-bond acceptors (Lipinski definition) is 5. The maximum absolute atomic E-state index is 14.2. The molecule has 3 saturated heterocycles. The molecule has 166 valence electrons. The molecule has 2 bridgehead atoms. The highest BCUT2D eigenvalue weighted by atomic mass is 32.2. The van der Waals surface area contributed by atoms with Crippen LogP contribution in [0.25, 0.3) is 0 Å². The highest BCUT2D eigenvalue weighted by molar-refractivity contribution is 7.93. The van der Waals surface area contributed by atoms with E-state index in [1.807, 2.05) is 36.4 Å². The van der Waals surface area contributed by atoms with E-state index >= 15 is 0 Å². The summed E-state index contributed by atoms with van der Waals surface area (Å²) in [5.41, 5.74) is 1.19. The van der Waals surface area contributed by atoms with E-state index < -0.39 is 20.4 Å². The van der Waals surface area contributed by atoms with Crippen molar-refractivity contribution in [3.63, 3.8) is 0 Å². The van der Waals surface area contributed by atoms with Crippen molar-refractivity contribution in [2.75, 3.05) is 13.2 Å². The molecule has 3 heterocycles. The van der Waals surface area contributed by atoms with Crippen molar-refractivity contribution in [1.82, 2.24) is 4.90 Å². The van der Waals surface area contributed by atoms with Gasteiger partial charge in [-0.15, -0.1) is 0 Å². The molecular weight excluding hydrogens is 410 g/mol. The zero-order chi connectivity index (χ0) is 21.5. The average molecular weight is 442 g/mol. The molecule has 0 amide bonds. The topological polar surface area (TPSA) is 55.8 Å². The molecule has 0 radical (unpaired) electrons. The zero-order valence-corrected chi connectivity index (χ0v) is 18.9. The second-order valence-corrected chi connectivity index (χ2v) is 11.4. The highest BCUT2D eigenvalue weighted by Gasteiger charge is 2.67. The van der Waals surface area contributed by atoms with Gasteiger partial charge in [0.2, 0.25) is 0 Å². The molecule has 2 aromatic carbocycles. The van der Waals surface area contributed by atoms with Gasteiger partial charge in [-0.05, 0) is 37.0 Å². The van der Waals surface area contributed by atoms with Crippen LogP contribution < -0.4 is 0 Å². The Morgan fingerprint density at radius 3 is 2.26 bits per heavy atom. The molecule has 31 heavy (non-hydrogen) atoms. The maximum atomic E-state index is 14.2. The standard InChI is InChI=1S/C25H31NO4S/c1-2-14-24(31(27,28)21-11-7-4-8-12-21)18-23-25(29-16-17-30-25)15-13-22(24)26(23)19-20-9-5-3-6-10-20/h3-12,22-23H,2,13-19H2,1H3/t22-,23-,24?/m1/s1. The third-order valence-corrected chi connectivity index (χ3v) is 10.1. The molecule has 3 aliphatic rings. The van der Waals surface area contributed by atoms with Gasteiger partial charge < -0.3 is 9.47 Å². The zero-order valence-electron chi connectivity index (χ0n) is 18.1. The summed E-state index contributed by atoms with van der Waals surface area (Å²) in [5, 5.41) is 0.